The van der Waals surface area contributed by atoms with Crippen molar-refractivity contribution in [3.05, 3.63) is 76.8 Å². The fraction of sp³-hybridized carbons (Fsp3) is 0.364. The first kappa shape index (κ1) is 43.5. The smallest absolute Gasteiger partial charge is 0.475 e. The SMILES string of the molecule is NS(=O)(=O)c1ccc(CCNc2nc(NCC3CCC(CNS(=O)(=O)c4ccc(Br)cc4OC(F)(F)F)CC3)nc3ccccc23)cc1.O=C(O)C(F)(F)F. The van der Waals surface area contributed by atoms with Crippen LogP contribution in [0, 0.1) is 11.8 Å². The maximum atomic E-state index is 12.9. The number of anilines is 2. The number of aliphatic carboxylic acids is 1. The number of carboxylic acids is 1. The second-order valence-corrected chi connectivity index (χ2v) is 16.6. The van der Waals surface area contributed by atoms with Gasteiger partial charge < -0.3 is 20.5 Å². The van der Waals surface area contributed by atoms with Crippen LogP contribution in [0.4, 0.5) is 38.1 Å². The second kappa shape index (κ2) is 18.1. The highest BCUT2D eigenvalue weighted by Gasteiger charge is 2.38. The Kier molecular flexibility index (Phi) is 14.3. The molecule has 0 atom stereocenters. The Hall–Kier alpha value is -4.25. The average Bonchev–Trinajstić information content (AvgIpc) is 3.09. The molecule has 0 unspecified atom stereocenters. The van der Waals surface area contributed by atoms with Gasteiger partial charge in [0.05, 0.1) is 10.4 Å². The van der Waals surface area contributed by atoms with Crippen LogP contribution in [0.2, 0.25) is 0 Å². The molecule has 1 heterocycles. The van der Waals surface area contributed by atoms with E-state index in [0.29, 0.717) is 37.2 Å². The molecule has 1 aromatic heterocycles. The number of alkyl halides is 6. The highest BCUT2D eigenvalue weighted by atomic mass is 79.9. The number of hydrogen-bond acceptors (Lipinski definition) is 10. The molecule has 1 fully saturated rings. The lowest BCUT2D eigenvalue weighted by Gasteiger charge is -2.29. The minimum atomic E-state index is -5.08. The lowest BCUT2D eigenvalue weighted by atomic mass is 9.82. The molecule has 1 aliphatic rings. The molecule has 5 rings (SSSR count). The molecule has 55 heavy (non-hydrogen) atoms. The van der Waals surface area contributed by atoms with Crippen LogP contribution in [0.15, 0.2) is 81.0 Å². The molecule has 1 saturated carbocycles. The number of rotatable bonds is 13. The zero-order chi connectivity index (χ0) is 40.6. The summed E-state index contributed by atoms with van der Waals surface area (Å²) in [5.74, 6) is -2.10. The van der Waals surface area contributed by atoms with Crippen LogP contribution >= 0.6 is 15.9 Å². The van der Waals surface area contributed by atoms with Gasteiger partial charge in [-0.15, -0.1) is 13.2 Å². The predicted octanol–water partition coefficient (Wildman–Crippen LogP) is 6.42. The van der Waals surface area contributed by atoms with Gasteiger partial charge in [0.2, 0.25) is 26.0 Å². The van der Waals surface area contributed by atoms with Crippen molar-refractivity contribution < 1.29 is 57.8 Å². The van der Waals surface area contributed by atoms with Gasteiger partial charge in [0, 0.05) is 29.5 Å². The molecule has 0 saturated heterocycles. The maximum absolute atomic E-state index is 12.9. The standard InChI is InChI=1S/C31H34BrF3N6O5S2.C2HF3O2/c32-23-11-14-28(27(17-23)46-31(33,34)35)48(44,45)39-19-22-7-5-21(6-8-22)18-38-30-40-26-4-2-1-3-25(26)29(41-30)37-16-15-20-9-12-24(13-10-20)47(36,42)43;3-2(4,5)1(6)7/h1-4,9-14,17,21-22,39H,5-8,15-16,18-19H2,(H2,36,42,43)(H2,37,38,40,41);(H,6,7). The van der Waals surface area contributed by atoms with Gasteiger partial charge in [-0.3, -0.25) is 0 Å². The van der Waals surface area contributed by atoms with E-state index in [1.54, 1.807) is 12.1 Å². The molecule has 0 amide bonds. The van der Waals surface area contributed by atoms with Crippen LogP contribution in [0.5, 0.6) is 5.75 Å². The number of nitrogens with one attached hydrogen (secondary N) is 3. The summed E-state index contributed by atoms with van der Waals surface area (Å²) in [7, 11) is -8.00. The van der Waals surface area contributed by atoms with E-state index >= 15 is 0 Å². The highest BCUT2D eigenvalue weighted by molar-refractivity contribution is 9.10. The van der Waals surface area contributed by atoms with Crippen molar-refractivity contribution in [1.29, 1.82) is 0 Å². The fourth-order valence-corrected chi connectivity index (χ4v) is 7.63. The Morgan fingerprint density at radius 1 is 0.873 bits per heavy atom. The Labute approximate surface area is 320 Å². The van der Waals surface area contributed by atoms with Crippen molar-refractivity contribution in [2.24, 2.45) is 17.0 Å². The predicted molar refractivity (Wildman–Crippen MR) is 193 cm³/mol. The van der Waals surface area contributed by atoms with Gasteiger partial charge in [-0.25, -0.2) is 36.5 Å². The Bertz CT molecular complexity index is 2170. The van der Waals surface area contributed by atoms with Gasteiger partial charge in [-0.05, 0) is 92.0 Å². The number of nitrogens with zero attached hydrogens (tertiary/aromatic N) is 2. The molecule has 13 nitrogen and oxygen atoms in total. The maximum Gasteiger partial charge on any atom is 0.573 e. The van der Waals surface area contributed by atoms with Gasteiger partial charge in [0.1, 0.15) is 10.7 Å². The van der Waals surface area contributed by atoms with Gasteiger partial charge in [-0.1, -0.05) is 40.2 Å². The molecule has 3 aromatic carbocycles. The van der Waals surface area contributed by atoms with Crippen LogP contribution in [-0.2, 0) is 31.3 Å². The van der Waals surface area contributed by atoms with Gasteiger partial charge in [0.25, 0.3) is 0 Å². The molecule has 1 aliphatic carbocycles. The molecular formula is C33H35BrF6N6O7S2. The summed E-state index contributed by atoms with van der Waals surface area (Å²) in [5, 5.41) is 19.9. The van der Waals surface area contributed by atoms with Crippen LogP contribution in [0.3, 0.4) is 0 Å². The number of benzene rings is 3. The fourth-order valence-electron chi connectivity index (χ4n) is 5.55. The summed E-state index contributed by atoms with van der Waals surface area (Å²) in [4.78, 5) is 17.7. The van der Waals surface area contributed by atoms with Crippen molar-refractivity contribution in [2.75, 3.05) is 30.3 Å². The molecule has 0 spiro atoms. The lowest BCUT2D eigenvalue weighted by molar-refractivity contribution is -0.275. The minimum absolute atomic E-state index is 0.0297. The number of carboxylic acid groups (broad SMARTS) is 1. The monoisotopic (exact) mass is 884 g/mol. The summed E-state index contributed by atoms with van der Waals surface area (Å²) >= 11 is 3.05. The Balaban J connectivity index is 0.000000876. The zero-order valence-electron chi connectivity index (χ0n) is 28.5. The third-order valence-corrected chi connectivity index (χ3v) is 11.2. The number of hydrogen-bond donors (Lipinski definition) is 5. The molecular weight excluding hydrogens is 850 g/mol. The number of fused-ring (bicyclic) bond motifs is 1. The van der Waals surface area contributed by atoms with Crippen molar-refractivity contribution >= 4 is 64.6 Å². The van der Waals surface area contributed by atoms with E-state index in [4.69, 9.17) is 20.0 Å². The molecule has 6 N–H and O–H groups in total. The first-order chi connectivity index (χ1) is 25.6. The van der Waals surface area contributed by atoms with E-state index < -0.39 is 49.2 Å². The molecule has 300 valence electrons. The lowest BCUT2D eigenvalue weighted by Crippen LogP contribution is -2.33. The number of carbonyl (C=O) groups is 1. The number of primary sulfonamides is 1. The van der Waals surface area contributed by atoms with E-state index in [2.05, 4.69) is 41.0 Å². The van der Waals surface area contributed by atoms with E-state index in [1.165, 1.54) is 18.2 Å². The van der Waals surface area contributed by atoms with Crippen molar-refractivity contribution in [2.45, 2.75) is 54.4 Å². The van der Waals surface area contributed by atoms with E-state index in [0.717, 1.165) is 54.3 Å². The zero-order valence-corrected chi connectivity index (χ0v) is 31.7. The third kappa shape index (κ3) is 13.5. The second-order valence-electron chi connectivity index (χ2n) is 12.3. The van der Waals surface area contributed by atoms with Crippen molar-refractivity contribution in [3.63, 3.8) is 0 Å². The minimum Gasteiger partial charge on any atom is -0.475 e. The van der Waals surface area contributed by atoms with Gasteiger partial charge in [-0.2, -0.15) is 18.2 Å². The first-order valence-electron chi connectivity index (χ1n) is 16.3. The number of para-hydroxylation sites is 1. The van der Waals surface area contributed by atoms with Crippen molar-refractivity contribution in [3.8, 4) is 5.75 Å². The van der Waals surface area contributed by atoms with E-state index in [9.17, 15) is 43.2 Å². The Morgan fingerprint density at radius 3 is 2.05 bits per heavy atom. The number of nitrogens with two attached hydrogens (primary N) is 1. The van der Waals surface area contributed by atoms with Crippen LogP contribution in [0.25, 0.3) is 10.9 Å². The molecule has 0 radical (unpaired) electrons. The molecule has 0 bridgehead atoms. The quantitative estimate of drug-likeness (QED) is 0.0928. The molecule has 0 aliphatic heterocycles. The molecule has 4 aromatic rings. The van der Waals surface area contributed by atoms with Crippen LogP contribution in [0.1, 0.15) is 31.2 Å². The number of halogens is 7. The largest absolute Gasteiger partial charge is 0.573 e. The van der Waals surface area contributed by atoms with Crippen LogP contribution in [-0.4, -0.2) is 70.1 Å². The summed E-state index contributed by atoms with van der Waals surface area (Å²) in [6, 6.07) is 17.4. The number of ether oxygens (including phenoxy) is 1. The van der Waals surface area contributed by atoms with Crippen LogP contribution < -0.4 is 25.2 Å². The molecule has 22 heteroatoms. The van der Waals surface area contributed by atoms with Gasteiger partial charge in [0.15, 0.2) is 5.75 Å². The number of aromatic nitrogens is 2. The summed E-state index contributed by atoms with van der Waals surface area (Å²) in [6.45, 7) is 1.26. The van der Waals surface area contributed by atoms with Crippen molar-refractivity contribution in [1.82, 2.24) is 14.7 Å². The van der Waals surface area contributed by atoms with E-state index in [-0.39, 0.29) is 21.8 Å². The number of sulfonamides is 2. The first-order valence-corrected chi connectivity index (χ1v) is 20.1. The normalized spacial score (nSPS) is 16.5. The van der Waals surface area contributed by atoms with E-state index in [1.807, 2.05) is 24.3 Å². The average molecular weight is 886 g/mol. The summed E-state index contributed by atoms with van der Waals surface area (Å²) in [6.07, 6.45) is -6.37. The summed E-state index contributed by atoms with van der Waals surface area (Å²) < 4.78 is 126. The Morgan fingerprint density at radius 2 is 1.47 bits per heavy atom. The highest BCUT2D eigenvalue weighted by Crippen LogP contribution is 2.33. The summed E-state index contributed by atoms with van der Waals surface area (Å²) in [5.41, 5.74) is 1.70. The third-order valence-electron chi connectivity index (χ3n) is 8.30. The topological polar surface area (TPSA) is 203 Å². The van der Waals surface area contributed by atoms with Gasteiger partial charge >= 0.3 is 18.5 Å².